The van der Waals surface area contributed by atoms with Crippen LogP contribution in [0.1, 0.15) is 12.8 Å². The molecule has 2 aromatic carbocycles. The van der Waals surface area contributed by atoms with Gasteiger partial charge in [-0.1, -0.05) is 18.2 Å². The van der Waals surface area contributed by atoms with Crippen LogP contribution in [0.5, 0.6) is 0 Å². The highest BCUT2D eigenvalue weighted by Gasteiger charge is 2.13. The number of hydrogen-bond acceptors (Lipinski definition) is 3. The Hall–Kier alpha value is -2.16. The summed E-state index contributed by atoms with van der Waals surface area (Å²) >= 11 is 0. The van der Waals surface area contributed by atoms with E-state index in [2.05, 4.69) is 45.4 Å². The smallest absolute Gasteiger partial charge is 0.0937 e. The second-order valence-corrected chi connectivity index (χ2v) is 5.11. The number of rotatable bonds is 1. The molecule has 0 saturated carbocycles. The Labute approximate surface area is 111 Å². The van der Waals surface area contributed by atoms with E-state index in [1.807, 2.05) is 12.1 Å². The maximum atomic E-state index is 4.31. The number of nitrogens with zero attached hydrogens (tertiary/aromatic N) is 3. The predicted octanol–water partition coefficient (Wildman–Crippen LogP) is 3.38. The molecule has 0 N–H and O–H groups in total. The molecule has 0 radical (unpaired) electrons. The zero-order valence-electron chi connectivity index (χ0n) is 10.7. The summed E-state index contributed by atoms with van der Waals surface area (Å²) in [5.74, 6) is 0. The van der Waals surface area contributed by atoms with Gasteiger partial charge in [0, 0.05) is 29.5 Å². The average Bonchev–Trinajstić information content (AvgIpc) is 3.01. The molecule has 1 fully saturated rings. The molecule has 0 bridgehead atoms. The molecule has 0 atom stereocenters. The molecule has 3 heteroatoms. The van der Waals surface area contributed by atoms with Crippen LogP contribution in [0.15, 0.2) is 42.5 Å². The summed E-state index contributed by atoms with van der Waals surface area (Å²) in [6, 6.07) is 14.7. The standard InChI is InChI=1S/C16H15N3/c1-2-6-15-13(5-1)14-11-12(19-9-3-4-10-19)7-8-16(14)18-17-15/h1-2,5-8,11H,3-4,9-10H2. The summed E-state index contributed by atoms with van der Waals surface area (Å²) in [5, 5.41) is 11.0. The molecule has 3 nitrogen and oxygen atoms in total. The molecule has 1 aromatic heterocycles. The quantitative estimate of drug-likeness (QED) is 0.619. The molecule has 0 amide bonds. The minimum absolute atomic E-state index is 0.966. The topological polar surface area (TPSA) is 29.0 Å². The highest BCUT2D eigenvalue weighted by atomic mass is 15.1. The molecule has 0 aliphatic carbocycles. The van der Waals surface area contributed by atoms with Gasteiger partial charge in [0.05, 0.1) is 11.0 Å². The molecule has 19 heavy (non-hydrogen) atoms. The van der Waals surface area contributed by atoms with Gasteiger partial charge in [0.1, 0.15) is 0 Å². The fourth-order valence-corrected chi connectivity index (χ4v) is 2.90. The largest absolute Gasteiger partial charge is 0.372 e. The number of benzene rings is 2. The third-order valence-electron chi connectivity index (χ3n) is 3.91. The van der Waals surface area contributed by atoms with Gasteiger partial charge in [-0.3, -0.25) is 0 Å². The van der Waals surface area contributed by atoms with Gasteiger partial charge < -0.3 is 4.90 Å². The molecular formula is C16H15N3. The van der Waals surface area contributed by atoms with E-state index in [9.17, 15) is 0 Å². The number of hydrogen-bond donors (Lipinski definition) is 0. The second kappa shape index (κ2) is 4.19. The van der Waals surface area contributed by atoms with Gasteiger partial charge in [-0.05, 0) is 37.1 Å². The van der Waals surface area contributed by atoms with Gasteiger partial charge in [0.2, 0.25) is 0 Å². The number of aromatic nitrogens is 2. The maximum Gasteiger partial charge on any atom is 0.0937 e. The molecule has 1 aliphatic rings. The zero-order chi connectivity index (χ0) is 12.7. The zero-order valence-corrected chi connectivity index (χ0v) is 10.7. The maximum absolute atomic E-state index is 4.31. The monoisotopic (exact) mass is 249 g/mol. The fraction of sp³-hybridized carbons (Fsp3) is 0.250. The molecule has 0 unspecified atom stereocenters. The third kappa shape index (κ3) is 1.73. The Morgan fingerprint density at radius 2 is 1.53 bits per heavy atom. The molecule has 4 rings (SSSR count). The highest BCUT2D eigenvalue weighted by molar-refractivity contribution is 6.04. The van der Waals surface area contributed by atoms with E-state index < -0.39 is 0 Å². The van der Waals surface area contributed by atoms with Crippen LogP contribution in [0, 0.1) is 0 Å². The van der Waals surface area contributed by atoms with Crippen LogP contribution < -0.4 is 4.90 Å². The van der Waals surface area contributed by atoms with E-state index in [1.165, 1.54) is 42.4 Å². The van der Waals surface area contributed by atoms with Crippen LogP contribution >= 0.6 is 0 Å². The fourth-order valence-electron chi connectivity index (χ4n) is 2.90. The van der Waals surface area contributed by atoms with Gasteiger partial charge in [0.15, 0.2) is 0 Å². The highest BCUT2D eigenvalue weighted by Crippen LogP contribution is 2.28. The molecular weight excluding hydrogens is 234 g/mol. The average molecular weight is 249 g/mol. The predicted molar refractivity (Wildman–Crippen MR) is 78.5 cm³/mol. The molecule has 1 aliphatic heterocycles. The van der Waals surface area contributed by atoms with E-state index in [0.717, 1.165) is 11.0 Å². The van der Waals surface area contributed by atoms with Gasteiger partial charge in [0.25, 0.3) is 0 Å². The number of fused-ring (bicyclic) bond motifs is 3. The van der Waals surface area contributed by atoms with E-state index in [4.69, 9.17) is 0 Å². The van der Waals surface area contributed by atoms with Crippen molar-refractivity contribution in [2.24, 2.45) is 0 Å². The summed E-state index contributed by atoms with van der Waals surface area (Å²) < 4.78 is 0. The first kappa shape index (κ1) is 10.7. The second-order valence-electron chi connectivity index (χ2n) is 5.11. The Morgan fingerprint density at radius 1 is 0.789 bits per heavy atom. The van der Waals surface area contributed by atoms with Crippen molar-refractivity contribution in [1.29, 1.82) is 0 Å². The van der Waals surface area contributed by atoms with Crippen LogP contribution in [-0.2, 0) is 0 Å². The number of anilines is 1. The summed E-state index contributed by atoms with van der Waals surface area (Å²) in [5.41, 5.74) is 3.25. The summed E-state index contributed by atoms with van der Waals surface area (Å²) in [4.78, 5) is 2.45. The molecule has 94 valence electrons. The molecule has 2 heterocycles. The van der Waals surface area contributed by atoms with Crippen molar-refractivity contribution in [2.75, 3.05) is 18.0 Å². The van der Waals surface area contributed by atoms with Crippen molar-refractivity contribution < 1.29 is 0 Å². The SMILES string of the molecule is c1ccc2c(c1)nnc1ccc(N3CCCC3)cc12. The summed E-state index contributed by atoms with van der Waals surface area (Å²) in [6.45, 7) is 2.34. The lowest BCUT2D eigenvalue weighted by Crippen LogP contribution is -2.17. The Kier molecular flexibility index (Phi) is 2.37. The lowest BCUT2D eigenvalue weighted by molar-refractivity contribution is 0.949. The van der Waals surface area contributed by atoms with Crippen LogP contribution in [0.3, 0.4) is 0 Å². The first-order valence-corrected chi connectivity index (χ1v) is 6.82. The Balaban J connectivity index is 1.97. The third-order valence-corrected chi connectivity index (χ3v) is 3.91. The summed E-state index contributed by atoms with van der Waals surface area (Å²) in [7, 11) is 0. The van der Waals surface area contributed by atoms with Gasteiger partial charge in [-0.25, -0.2) is 0 Å². The summed E-state index contributed by atoms with van der Waals surface area (Å²) in [6.07, 6.45) is 2.60. The van der Waals surface area contributed by atoms with E-state index >= 15 is 0 Å². The van der Waals surface area contributed by atoms with E-state index in [-0.39, 0.29) is 0 Å². The lowest BCUT2D eigenvalue weighted by atomic mass is 10.1. The first-order chi connectivity index (χ1) is 9.42. The van der Waals surface area contributed by atoms with E-state index in [1.54, 1.807) is 0 Å². The first-order valence-electron chi connectivity index (χ1n) is 6.82. The normalized spacial score (nSPS) is 15.5. The molecule has 0 spiro atoms. The van der Waals surface area contributed by atoms with Crippen molar-refractivity contribution in [3.8, 4) is 0 Å². The Bertz CT molecular complexity index is 745. The van der Waals surface area contributed by atoms with Crippen LogP contribution in [0.4, 0.5) is 5.69 Å². The van der Waals surface area contributed by atoms with Crippen molar-refractivity contribution in [2.45, 2.75) is 12.8 Å². The van der Waals surface area contributed by atoms with Crippen molar-refractivity contribution in [3.05, 3.63) is 42.5 Å². The van der Waals surface area contributed by atoms with Gasteiger partial charge >= 0.3 is 0 Å². The van der Waals surface area contributed by atoms with E-state index in [0.29, 0.717) is 0 Å². The molecule has 3 aromatic rings. The minimum atomic E-state index is 0.966. The minimum Gasteiger partial charge on any atom is -0.372 e. The van der Waals surface area contributed by atoms with Crippen LogP contribution in [0.25, 0.3) is 21.8 Å². The van der Waals surface area contributed by atoms with Crippen molar-refractivity contribution >= 4 is 27.5 Å². The molecule has 1 saturated heterocycles. The van der Waals surface area contributed by atoms with Gasteiger partial charge in [-0.2, -0.15) is 0 Å². The van der Waals surface area contributed by atoms with Crippen molar-refractivity contribution in [1.82, 2.24) is 10.2 Å². The van der Waals surface area contributed by atoms with Crippen molar-refractivity contribution in [3.63, 3.8) is 0 Å². The lowest BCUT2D eigenvalue weighted by Gasteiger charge is -2.18. The Morgan fingerprint density at radius 3 is 2.37 bits per heavy atom. The van der Waals surface area contributed by atoms with Gasteiger partial charge in [-0.15, -0.1) is 10.2 Å². The van der Waals surface area contributed by atoms with Crippen LogP contribution in [-0.4, -0.2) is 23.3 Å². The van der Waals surface area contributed by atoms with Crippen LogP contribution in [0.2, 0.25) is 0 Å².